The molecule has 1 saturated carbocycles. The van der Waals surface area contributed by atoms with Gasteiger partial charge in [0.15, 0.2) is 0 Å². The highest BCUT2D eigenvalue weighted by atomic mass is 127. The van der Waals surface area contributed by atoms with E-state index in [9.17, 15) is 4.79 Å². The van der Waals surface area contributed by atoms with Crippen molar-refractivity contribution in [1.82, 2.24) is 4.98 Å². The Balaban J connectivity index is 1.97. The van der Waals surface area contributed by atoms with Crippen molar-refractivity contribution in [3.05, 3.63) is 45.2 Å². The zero-order valence-electron chi connectivity index (χ0n) is 15.8. The lowest BCUT2D eigenvalue weighted by molar-refractivity contribution is -0.121. The average molecular weight is 464 g/mol. The lowest BCUT2D eigenvalue weighted by Crippen LogP contribution is -2.24. The van der Waals surface area contributed by atoms with Gasteiger partial charge in [-0.3, -0.25) is 4.79 Å². The van der Waals surface area contributed by atoms with Crippen molar-refractivity contribution in [2.45, 2.75) is 39.0 Å². The van der Waals surface area contributed by atoms with Gasteiger partial charge in [-0.1, -0.05) is 6.92 Å². The fourth-order valence-electron chi connectivity index (χ4n) is 3.52. The molecule has 0 saturated heterocycles. The summed E-state index contributed by atoms with van der Waals surface area (Å²) in [5.74, 6) is 2.80. The van der Waals surface area contributed by atoms with Crippen LogP contribution in [-0.4, -0.2) is 24.9 Å². The largest absolute Gasteiger partial charge is 0.497 e. The Hall–Kier alpha value is -1.63. The second-order valence-electron chi connectivity index (χ2n) is 7.12. The first-order valence-corrected chi connectivity index (χ1v) is 10.0. The van der Waals surface area contributed by atoms with Gasteiger partial charge in [-0.15, -0.1) is 0 Å². The van der Waals surface area contributed by atoms with E-state index in [1.54, 1.807) is 7.11 Å². The number of methoxy groups -OCH3 is 1. The monoisotopic (exact) mass is 464 g/mol. The zero-order chi connectivity index (χ0) is 18.8. The van der Waals surface area contributed by atoms with Crippen molar-refractivity contribution in [2.24, 2.45) is 5.92 Å². The fourth-order valence-corrected chi connectivity index (χ4v) is 4.20. The van der Waals surface area contributed by atoms with Gasteiger partial charge in [0.1, 0.15) is 17.4 Å². The number of aryl methyl sites for hydroxylation is 1. The van der Waals surface area contributed by atoms with Crippen molar-refractivity contribution in [3.8, 4) is 5.75 Å². The van der Waals surface area contributed by atoms with E-state index in [0.29, 0.717) is 24.5 Å². The second-order valence-corrected chi connectivity index (χ2v) is 8.20. The molecule has 2 unspecified atom stereocenters. The quantitative estimate of drug-likeness (QED) is 0.581. The van der Waals surface area contributed by atoms with E-state index in [1.807, 2.05) is 31.3 Å². The van der Waals surface area contributed by atoms with Crippen molar-refractivity contribution in [2.75, 3.05) is 19.1 Å². The molecule has 0 N–H and O–H groups in total. The minimum atomic E-state index is 0.214. The summed E-state index contributed by atoms with van der Waals surface area (Å²) in [6.45, 7) is 4.36. The molecular formula is C21H25IN2O2. The van der Waals surface area contributed by atoms with Crippen LogP contribution in [0.1, 0.15) is 43.4 Å². The Morgan fingerprint density at radius 2 is 1.96 bits per heavy atom. The number of ether oxygens (including phenoxy) is 1. The Labute approximate surface area is 169 Å². The SMILES string of the molecule is COc1ccc(N(C)c2cc(C)c(I)c(C3CC(=O)CCC3C)n2)cc1. The number of hydrogen-bond donors (Lipinski definition) is 0. The number of rotatable bonds is 4. The first-order chi connectivity index (χ1) is 12.4. The van der Waals surface area contributed by atoms with Crippen LogP contribution >= 0.6 is 22.6 Å². The van der Waals surface area contributed by atoms with Crippen LogP contribution in [0.15, 0.2) is 30.3 Å². The van der Waals surface area contributed by atoms with Crippen molar-refractivity contribution in [1.29, 1.82) is 0 Å². The summed E-state index contributed by atoms with van der Waals surface area (Å²) in [6.07, 6.45) is 2.27. The summed E-state index contributed by atoms with van der Waals surface area (Å²) in [5.41, 5.74) is 3.33. The summed E-state index contributed by atoms with van der Waals surface area (Å²) in [5, 5.41) is 0. The number of Topliss-reactive ketones (excluding diaryl/α,β-unsaturated/α-hetero) is 1. The molecule has 1 aromatic carbocycles. The number of anilines is 2. The number of carbonyl (C=O) groups excluding carboxylic acids is 1. The molecule has 0 bridgehead atoms. The number of benzene rings is 1. The van der Waals surface area contributed by atoms with Crippen LogP contribution in [0.2, 0.25) is 0 Å². The normalized spacial score (nSPS) is 20.1. The van der Waals surface area contributed by atoms with Crippen molar-refractivity contribution in [3.63, 3.8) is 0 Å². The molecule has 1 aromatic heterocycles. The van der Waals surface area contributed by atoms with Gasteiger partial charge in [0.05, 0.1) is 12.8 Å². The van der Waals surface area contributed by atoms with Crippen LogP contribution in [0.25, 0.3) is 0 Å². The Kier molecular flexibility index (Phi) is 5.85. The van der Waals surface area contributed by atoms with E-state index in [2.05, 4.69) is 47.4 Å². The highest BCUT2D eigenvalue weighted by molar-refractivity contribution is 14.1. The molecule has 2 aromatic rings. The molecule has 0 radical (unpaired) electrons. The van der Waals surface area contributed by atoms with E-state index >= 15 is 0 Å². The van der Waals surface area contributed by atoms with Gasteiger partial charge in [-0.25, -0.2) is 4.98 Å². The van der Waals surface area contributed by atoms with Crippen LogP contribution in [0.3, 0.4) is 0 Å². The molecular weight excluding hydrogens is 439 g/mol. The van der Waals surface area contributed by atoms with E-state index < -0.39 is 0 Å². The van der Waals surface area contributed by atoms with Crippen molar-refractivity contribution < 1.29 is 9.53 Å². The minimum Gasteiger partial charge on any atom is -0.497 e. The molecule has 4 nitrogen and oxygen atoms in total. The average Bonchev–Trinajstić information content (AvgIpc) is 2.65. The van der Waals surface area contributed by atoms with Crippen LogP contribution in [0.4, 0.5) is 11.5 Å². The van der Waals surface area contributed by atoms with E-state index in [0.717, 1.165) is 29.4 Å². The predicted molar refractivity (Wildman–Crippen MR) is 114 cm³/mol. The maximum atomic E-state index is 12.0. The molecule has 1 heterocycles. The third-order valence-corrected chi connectivity index (χ3v) is 6.72. The van der Waals surface area contributed by atoms with Gasteiger partial charge >= 0.3 is 0 Å². The molecule has 2 atom stereocenters. The lowest BCUT2D eigenvalue weighted by atomic mass is 9.77. The Bertz CT molecular complexity index is 804. The van der Waals surface area contributed by atoms with Crippen LogP contribution in [0, 0.1) is 16.4 Å². The van der Waals surface area contributed by atoms with Gasteiger partial charge in [-0.2, -0.15) is 0 Å². The molecule has 5 heteroatoms. The van der Waals surface area contributed by atoms with E-state index in [4.69, 9.17) is 9.72 Å². The van der Waals surface area contributed by atoms with Gasteiger partial charge < -0.3 is 9.64 Å². The first kappa shape index (κ1) is 19.1. The molecule has 138 valence electrons. The highest BCUT2D eigenvalue weighted by Crippen LogP contribution is 2.39. The number of ketones is 1. The third-order valence-electron chi connectivity index (χ3n) is 5.32. The summed E-state index contributed by atoms with van der Waals surface area (Å²) >= 11 is 2.38. The standard InChI is InChI=1S/C21H25IN2O2/c1-13-5-8-16(25)12-18(13)21-20(22)14(2)11-19(23-21)24(3)15-6-9-17(26-4)10-7-15/h6-7,9-11,13,18H,5,8,12H2,1-4H3. The molecule has 0 spiro atoms. The summed E-state index contributed by atoms with van der Waals surface area (Å²) in [6, 6.07) is 10.1. The summed E-state index contributed by atoms with van der Waals surface area (Å²) < 4.78 is 6.42. The molecule has 3 rings (SSSR count). The first-order valence-electron chi connectivity index (χ1n) is 8.97. The molecule has 1 aliphatic carbocycles. The number of carbonyl (C=O) groups is 1. The smallest absolute Gasteiger partial charge is 0.133 e. The molecule has 1 fully saturated rings. The maximum absolute atomic E-state index is 12.0. The maximum Gasteiger partial charge on any atom is 0.133 e. The number of pyridine rings is 1. The number of nitrogens with zero attached hydrogens (tertiary/aromatic N) is 2. The van der Waals surface area contributed by atoms with Gasteiger partial charge in [0.2, 0.25) is 0 Å². The van der Waals surface area contributed by atoms with Gasteiger partial charge in [-0.05, 0) is 77.7 Å². The fraction of sp³-hybridized carbons (Fsp3) is 0.429. The zero-order valence-corrected chi connectivity index (χ0v) is 17.9. The Morgan fingerprint density at radius 1 is 1.27 bits per heavy atom. The summed E-state index contributed by atoms with van der Waals surface area (Å²) in [4.78, 5) is 19.1. The molecule has 0 amide bonds. The van der Waals surface area contributed by atoms with E-state index in [1.165, 1.54) is 9.13 Å². The van der Waals surface area contributed by atoms with Crippen LogP contribution in [0.5, 0.6) is 5.75 Å². The number of halogens is 1. The van der Waals surface area contributed by atoms with Crippen LogP contribution in [-0.2, 0) is 4.79 Å². The lowest BCUT2D eigenvalue weighted by Gasteiger charge is -2.30. The third kappa shape index (κ3) is 3.87. The molecule has 0 aliphatic heterocycles. The number of aromatic nitrogens is 1. The molecule has 26 heavy (non-hydrogen) atoms. The Morgan fingerprint density at radius 3 is 2.62 bits per heavy atom. The molecule has 1 aliphatic rings. The summed E-state index contributed by atoms with van der Waals surface area (Å²) in [7, 11) is 3.69. The van der Waals surface area contributed by atoms with Gasteiger partial charge in [0, 0.05) is 35.1 Å². The van der Waals surface area contributed by atoms with Crippen LogP contribution < -0.4 is 9.64 Å². The van der Waals surface area contributed by atoms with E-state index in [-0.39, 0.29) is 5.92 Å². The number of hydrogen-bond acceptors (Lipinski definition) is 4. The second kappa shape index (κ2) is 7.94. The van der Waals surface area contributed by atoms with Gasteiger partial charge in [0.25, 0.3) is 0 Å². The highest BCUT2D eigenvalue weighted by Gasteiger charge is 2.31. The predicted octanol–water partition coefficient (Wildman–Crippen LogP) is 5.24. The topological polar surface area (TPSA) is 42.4 Å². The van der Waals surface area contributed by atoms with Crippen molar-refractivity contribution >= 4 is 39.9 Å². The minimum absolute atomic E-state index is 0.214.